The van der Waals surface area contributed by atoms with Crippen LogP contribution in [0.25, 0.3) is 0 Å². The van der Waals surface area contributed by atoms with E-state index in [1.165, 1.54) is 14.2 Å². The van der Waals surface area contributed by atoms with E-state index in [2.05, 4.69) is 5.32 Å². The SMILES string of the molecule is COc1cc(CCC(=O)Nc2cc(F)c(F)cc2F)cc(OC)c1. The van der Waals surface area contributed by atoms with Gasteiger partial charge in [-0.25, -0.2) is 13.2 Å². The molecule has 128 valence electrons. The summed E-state index contributed by atoms with van der Waals surface area (Å²) >= 11 is 0. The number of halogens is 3. The molecule has 7 heteroatoms. The lowest BCUT2D eigenvalue weighted by molar-refractivity contribution is -0.116. The summed E-state index contributed by atoms with van der Waals surface area (Å²) in [5.41, 5.74) is 0.384. The second kappa shape index (κ2) is 7.72. The van der Waals surface area contributed by atoms with Gasteiger partial charge < -0.3 is 14.8 Å². The fourth-order valence-corrected chi connectivity index (χ4v) is 2.10. The maximum absolute atomic E-state index is 13.5. The van der Waals surface area contributed by atoms with Gasteiger partial charge in [0.05, 0.1) is 19.9 Å². The lowest BCUT2D eigenvalue weighted by atomic mass is 10.1. The van der Waals surface area contributed by atoms with E-state index in [-0.39, 0.29) is 6.42 Å². The van der Waals surface area contributed by atoms with E-state index in [1.54, 1.807) is 18.2 Å². The van der Waals surface area contributed by atoms with E-state index in [4.69, 9.17) is 9.47 Å². The Bertz CT molecular complexity index is 728. The number of methoxy groups -OCH3 is 2. The topological polar surface area (TPSA) is 47.6 Å². The minimum Gasteiger partial charge on any atom is -0.497 e. The number of nitrogens with one attached hydrogen (secondary N) is 1. The predicted molar refractivity (Wildman–Crippen MR) is 82.8 cm³/mol. The highest BCUT2D eigenvalue weighted by Crippen LogP contribution is 2.24. The molecule has 0 aliphatic heterocycles. The number of anilines is 1. The van der Waals surface area contributed by atoms with Crippen molar-refractivity contribution in [3.8, 4) is 11.5 Å². The second-order valence-corrected chi connectivity index (χ2v) is 5.02. The summed E-state index contributed by atoms with van der Waals surface area (Å²) in [7, 11) is 3.02. The number of carbonyl (C=O) groups excluding carboxylic acids is 1. The van der Waals surface area contributed by atoms with Crippen molar-refractivity contribution < 1.29 is 27.4 Å². The Morgan fingerprint density at radius 3 is 2.08 bits per heavy atom. The van der Waals surface area contributed by atoms with Crippen LogP contribution in [0.1, 0.15) is 12.0 Å². The first-order valence-corrected chi connectivity index (χ1v) is 7.09. The number of ether oxygens (including phenoxy) is 2. The van der Waals surface area contributed by atoms with Crippen LogP contribution >= 0.6 is 0 Å². The first-order valence-electron chi connectivity index (χ1n) is 7.09. The van der Waals surface area contributed by atoms with Crippen LogP contribution in [0, 0.1) is 17.5 Å². The highest BCUT2D eigenvalue weighted by Gasteiger charge is 2.12. The molecule has 0 saturated heterocycles. The van der Waals surface area contributed by atoms with Gasteiger partial charge in [0.25, 0.3) is 0 Å². The third kappa shape index (κ3) is 4.41. The summed E-state index contributed by atoms with van der Waals surface area (Å²) in [6.07, 6.45) is 0.361. The molecule has 0 fully saturated rings. The summed E-state index contributed by atoms with van der Waals surface area (Å²) < 4.78 is 49.7. The molecule has 0 bridgehead atoms. The van der Waals surface area contributed by atoms with E-state index in [1.807, 2.05) is 0 Å². The largest absolute Gasteiger partial charge is 0.497 e. The molecule has 0 atom stereocenters. The molecule has 0 aliphatic rings. The molecule has 0 radical (unpaired) electrons. The van der Waals surface area contributed by atoms with E-state index >= 15 is 0 Å². The molecule has 2 aromatic carbocycles. The molecule has 0 heterocycles. The number of hydrogen-bond acceptors (Lipinski definition) is 3. The third-order valence-corrected chi connectivity index (χ3v) is 3.34. The number of hydrogen-bond donors (Lipinski definition) is 1. The van der Waals surface area contributed by atoms with Crippen molar-refractivity contribution >= 4 is 11.6 Å². The zero-order valence-corrected chi connectivity index (χ0v) is 13.2. The maximum Gasteiger partial charge on any atom is 0.224 e. The highest BCUT2D eigenvalue weighted by molar-refractivity contribution is 5.91. The Balaban J connectivity index is 2.02. The number of carbonyl (C=O) groups is 1. The zero-order valence-electron chi connectivity index (χ0n) is 13.2. The summed E-state index contributed by atoms with van der Waals surface area (Å²) in [6.45, 7) is 0. The van der Waals surface area contributed by atoms with Gasteiger partial charge in [-0.1, -0.05) is 0 Å². The van der Waals surface area contributed by atoms with Crippen LogP contribution in [0.2, 0.25) is 0 Å². The van der Waals surface area contributed by atoms with Gasteiger partial charge in [0.1, 0.15) is 17.3 Å². The van der Waals surface area contributed by atoms with Crippen molar-refractivity contribution in [2.45, 2.75) is 12.8 Å². The zero-order chi connectivity index (χ0) is 17.7. The number of amides is 1. The molecule has 1 amide bonds. The van der Waals surface area contributed by atoms with Crippen molar-refractivity contribution in [2.24, 2.45) is 0 Å². The number of aryl methyl sites for hydroxylation is 1. The average Bonchev–Trinajstić information content (AvgIpc) is 2.57. The Hall–Kier alpha value is -2.70. The van der Waals surface area contributed by atoms with E-state index in [9.17, 15) is 18.0 Å². The maximum atomic E-state index is 13.5. The molecule has 2 rings (SSSR count). The molecule has 0 spiro atoms. The van der Waals surface area contributed by atoms with Gasteiger partial charge in [-0.05, 0) is 24.1 Å². The van der Waals surface area contributed by atoms with Crippen molar-refractivity contribution in [1.29, 1.82) is 0 Å². The molecular formula is C17H16F3NO3. The van der Waals surface area contributed by atoms with Crippen LogP contribution in [-0.2, 0) is 11.2 Å². The lowest BCUT2D eigenvalue weighted by Gasteiger charge is -2.09. The first-order chi connectivity index (χ1) is 11.4. The Kier molecular flexibility index (Phi) is 5.68. The van der Waals surface area contributed by atoms with Crippen molar-refractivity contribution in [3.63, 3.8) is 0 Å². The Morgan fingerprint density at radius 1 is 0.917 bits per heavy atom. The fraction of sp³-hybridized carbons (Fsp3) is 0.235. The van der Waals surface area contributed by atoms with Gasteiger partial charge in [0.15, 0.2) is 11.6 Å². The van der Waals surface area contributed by atoms with Gasteiger partial charge >= 0.3 is 0 Å². The molecule has 1 N–H and O–H groups in total. The summed E-state index contributed by atoms with van der Waals surface area (Å²) in [5, 5.41) is 2.22. The van der Waals surface area contributed by atoms with Gasteiger partial charge in [-0.2, -0.15) is 0 Å². The van der Waals surface area contributed by atoms with E-state index in [0.717, 1.165) is 5.56 Å². The average molecular weight is 339 g/mol. The Labute approximate surface area is 137 Å². The molecular weight excluding hydrogens is 323 g/mol. The number of benzene rings is 2. The second-order valence-electron chi connectivity index (χ2n) is 5.02. The molecule has 0 aliphatic carbocycles. The van der Waals surface area contributed by atoms with Crippen LogP contribution in [0.15, 0.2) is 30.3 Å². The number of rotatable bonds is 6. The minimum atomic E-state index is -1.31. The van der Waals surface area contributed by atoms with Crippen molar-refractivity contribution in [2.75, 3.05) is 19.5 Å². The van der Waals surface area contributed by atoms with Gasteiger partial charge in [-0.15, -0.1) is 0 Å². The summed E-state index contributed by atoms with van der Waals surface area (Å²) in [5.74, 6) is -2.95. The van der Waals surface area contributed by atoms with Crippen LogP contribution in [0.5, 0.6) is 11.5 Å². The van der Waals surface area contributed by atoms with E-state index < -0.39 is 29.0 Å². The quantitative estimate of drug-likeness (QED) is 0.817. The molecule has 2 aromatic rings. The third-order valence-electron chi connectivity index (χ3n) is 3.34. The van der Waals surface area contributed by atoms with Crippen LogP contribution in [-0.4, -0.2) is 20.1 Å². The summed E-state index contributed by atoms with van der Waals surface area (Å²) in [4.78, 5) is 11.9. The lowest BCUT2D eigenvalue weighted by Crippen LogP contribution is -2.14. The van der Waals surface area contributed by atoms with Crippen molar-refractivity contribution in [1.82, 2.24) is 0 Å². The standard InChI is InChI=1S/C17H16F3NO3/c1-23-11-5-10(6-12(7-11)24-2)3-4-17(22)21-16-9-14(19)13(18)8-15(16)20/h5-9H,3-4H2,1-2H3,(H,21,22). The van der Waals surface area contributed by atoms with Crippen molar-refractivity contribution in [3.05, 3.63) is 53.3 Å². The normalized spacial score (nSPS) is 10.4. The molecule has 4 nitrogen and oxygen atoms in total. The van der Waals surface area contributed by atoms with E-state index in [0.29, 0.717) is 30.1 Å². The molecule has 0 aromatic heterocycles. The van der Waals surface area contributed by atoms with Crippen LogP contribution < -0.4 is 14.8 Å². The van der Waals surface area contributed by atoms with Crippen LogP contribution in [0.4, 0.5) is 18.9 Å². The predicted octanol–water partition coefficient (Wildman–Crippen LogP) is 3.69. The van der Waals surface area contributed by atoms with Crippen LogP contribution in [0.3, 0.4) is 0 Å². The van der Waals surface area contributed by atoms with Gasteiger partial charge in [0.2, 0.25) is 5.91 Å². The van der Waals surface area contributed by atoms with Gasteiger partial charge in [-0.3, -0.25) is 4.79 Å². The molecule has 0 unspecified atom stereocenters. The van der Waals surface area contributed by atoms with Gasteiger partial charge in [0, 0.05) is 24.6 Å². The highest BCUT2D eigenvalue weighted by atomic mass is 19.2. The fourth-order valence-electron chi connectivity index (χ4n) is 2.10. The first kappa shape index (κ1) is 17.7. The monoisotopic (exact) mass is 339 g/mol. The summed E-state index contributed by atoms with van der Waals surface area (Å²) in [6, 6.07) is 6.18. The minimum absolute atomic E-state index is 0.0226. The molecule has 0 saturated carbocycles. The molecule has 24 heavy (non-hydrogen) atoms. The Morgan fingerprint density at radius 2 is 1.50 bits per heavy atom. The smallest absolute Gasteiger partial charge is 0.224 e.